The zero-order valence-electron chi connectivity index (χ0n) is 15.8. The number of aliphatic hydroxyl groups excluding tert-OH is 1. The van der Waals surface area contributed by atoms with Crippen molar-refractivity contribution in [1.82, 2.24) is 14.5 Å². The van der Waals surface area contributed by atoms with Crippen LogP contribution in [0, 0.1) is 11.3 Å². The summed E-state index contributed by atoms with van der Waals surface area (Å²) in [5.74, 6) is 0.816. The molecule has 1 aliphatic heterocycles. The quantitative estimate of drug-likeness (QED) is 0.593. The molecule has 146 valence electrons. The third kappa shape index (κ3) is 3.12. The molecule has 0 aromatic carbocycles. The second-order valence-electron chi connectivity index (χ2n) is 6.47. The van der Waals surface area contributed by atoms with Crippen LogP contribution in [-0.2, 0) is 22.5 Å². The van der Waals surface area contributed by atoms with Crippen molar-refractivity contribution in [2.75, 3.05) is 20.8 Å². The predicted octanol–water partition coefficient (Wildman–Crippen LogP) is 1.80. The number of fused-ring (bicyclic) bond motifs is 1. The van der Waals surface area contributed by atoms with Crippen molar-refractivity contribution in [3.8, 4) is 6.07 Å². The van der Waals surface area contributed by atoms with E-state index < -0.39 is 12.3 Å². The molecular weight excluding hydrogens is 362 g/mol. The minimum atomic E-state index is -0.807. The smallest absolute Gasteiger partial charge is 0.392 e. The average Bonchev–Trinajstić information content (AvgIpc) is 2.73. The summed E-state index contributed by atoms with van der Waals surface area (Å²) in [5, 5.41) is 18.8. The number of nitrogens with two attached hydrogens (primary N) is 1. The lowest BCUT2D eigenvalue weighted by Gasteiger charge is -2.36. The highest BCUT2D eigenvalue weighted by Gasteiger charge is 2.47. The number of aryl methyl sites for hydroxylation is 1. The first-order valence-electron chi connectivity index (χ1n) is 8.76. The molecule has 3 N–H and O–H groups in total. The number of amides is 2. The number of nitriles is 1. The van der Waals surface area contributed by atoms with Gasteiger partial charge in [-0.1, -0.05) is 0 Å². The number of hydrogen-bond acceptors (Lipinski definition) is 7. The summed E-state index contributed by atoms with van der Waals surface area (Å²) < 4.78 is 10.3. The number of primary amides is 1. The molecule has 3 rings (SSSR count). The monoisotopic (exact) mass is 384 g/mol. The van der Waals surface area contributed by atoms with Gasteiger partial charge in [-0.2, -0.15) is 10.2 Å². The summed E-state index contributed by atoms with van der Waals surface area (Å²) in [6.45, 7) is 0.140. The van der Waals surface area contributed by atoms with Gasteiger partial charge in [0, 0.05) is 37.8 Å². The van der Waals surface area contributed by atoms with Crippen LogP contribution in [0.5, 0.6) is 0 Å². The Morgan fingerprint density at radius 3 is 2.71 bits per heavy atom. The number of aliphatic hydroxyl groups is 1. The fourth-order valence-electron chi connectivity index (χ4n) is 3.61. The molecule has 2 aromatic rings. The normalized spacial score (nSPS) is 18.5. The zero-order chi connectivity index (χ0) is 20.3. The third-order valence-electron chi connectivity index (χ3n) is 4.96. The van der Waals surface area contributed by atoms with Gasteiger partial charge in [-0.25, -0.2) is 9.78 Å². The van der Waals surface area contributed by atoms with E-state index in [9.17, 15) is 9.90 Å². The van der Waals surface area contributed by atoms with Gasteiger partial charge < -0.3 is 20.3 Å². The van der Waals surface area contributed by atoms with Crippen molar-refractivity contribution < 1.29 is 19.4 Å². The Morgan fingerprint density at radius 2 is 2.18 bits per heavy atom. The third-order valence-corrected chi connectivity index (χ3v) is 4.96. The first kappa shape index (κ1) is 19.9. The lowest BCUT2D eigenvalue weighted by atomic mass is 9.99. The van der Waals surface area contributed by atoms with Crippen LogP contribution in [0.2, 0.25) is 0 Å². The van der Waals surface area contributed by atoms with E-state index >= 15 is 0 Å². The molecule has 2 aromatic heterocycles. The van der Waals surface area contributed by atoms with Crippen molar-refractivity contribution in [3.63, 3.8) is 0 Å². The summed E-state index contributed by atoms with van der Waals surface area (Å²) in [6.07, 6.45) is 1.96. The Kier molecular flexibility index (Phi) is 5.67. The number of nitrogens with zero attached hydrogens (tertiary/aromatic N) is 4. The number of quaternary nitrogens is 1. The summed E-state index contributed by atoms with van der Waals surface area (Å²) in [4.78, 5) is 21.7. The molecule has 0 saturated heterocycles. The van der Waals surface area contributed by atoms with Gasteiger partial charge in [0.2, 0.25) is 17.9 Å². The molecular formula is C19H22N5O4+. The zero-order valence-corrected chi connectivity index (χ0v) is 15.8. The minimum absolute atomic E-state index is 0.246. The highest BCUT2D eigenvalue weighted by molar-refractivity contribution is 5.92. The highest BCUT2D eigenvalue weighted by Crippen LogP contribution is 2.40. The van der Waals surface area contributed by atoms with Gasteiger partial charge in [-0.3, -0.25) is 0 Å². The van der Waals surface area contributed by atoms with E-state index in [0.717, 1.165) is 5.56 Å². The Hall–Kier alpha value is -2.90. The summed E-state index contributed by atoms with van der Waals surface area (Å²) in [5.41, 5.74) is 7.98. The van der Waals surface area contributed by atoms with Crippen LogP contribution >= 0.6 is 0 Å². The van der Waals surface area contributed by atoms with E-state index in [4.69, 9.17) is 20.5 Å². The maximum atomic E-state index is 12.7. The summed E-state index contributed by atoms with van der Waals surface area (Å²) in [6, 6.07) is 6.40. The molecule has 1 aliphatic rings. The molecule has 9 nitrogen and oxygen atoms in total. The Morgan fingerprint density at radius 1 is 1.43 bits per heavy atom. The number of aromatic nitrogens is 2. The molecule has 9 heteroatoms. The Bertz CT molecular complexity index is 921. The molecule has 0 bridgehead atoms. The number of hydrogen-bond donors (Lipinski definition) is 2. The topological polar surface area (TPSA) is 131 Å². The first-order chi connectivity index (χ1) is 13.5. The molecule has 0 saturated carbocycles. The Labute approximate surface area is 162 Å². The number of carbonyl (C=O) groups is 1. The first-order valence-corrected chi connectivity index (χ1v) is 8.76. The minimum Gasteiger partial charge on any atom is -0.392 e. The summed E-state index contributed by atoms with van der Waals surface area (Å²) in [7, 11) is 2.93. The van der Waals surface area contributed by atoms with E-state index in [1.165, 1.54) is 20.4 Å². The molecule has 0 aliphatic carbocycles. The maximum absolute atomic E-state index is 12.7. The second-order valence-corrected chi connectivity index (χ2v) is 6.47. The lowest BCUT2D eigenvalue weighted by Crippen LogP contribution is -2.56. The van der Waals surface area contributed by atoms with Crippen LogP contribution in [0.3, 0.4) is 0 Å². The van der Waals surface area contributed by atoms with Gasteiger partial charge >= 0.3 is 6.03 Å². The van der Waals surface area contributed by atoms with Crippen molar-refractivity contribution in [2.24, 2.45) is 5.73 Å². The average molecular weight is 384 g/mol. The van der Waals surface area contributed by atoms with Crippen LogP contribution in [0.15, 0.2) is 24.4 Å². The van der Waals surface area contributed by atoms with Crippen LogP contribution in [0.4, 0.5) is 16.4 Å². The van der Waals surface area contributed by atoms with E-state index in [0.29, 0.717) is 47.8 Å². The molecule has 1 unspecified atom stereocenters. The number of methoxy groups -OCH3 is 2. The number of urea groups is 1. The molecule has 2 amide bonds. The van der Waals surface area contributed by atoms with Gasteiger partial charge in [0.25, 0.3) is 0 Å². The van der Waals surface area contributed by atoms with Crippen molar-refractivity contribution >= 4 is 17.7 Å². The van der Waals surface area contributed by atoms with Crippen molar-refractivity contribution in [1.29, 1.82) is 5.26 Å². The standard InChI is InChI=1S/C19H21N5O4/c1-27-18(28-2)16-14(11-25)8-13-4-3-7-24(19(21)26,17(13)23-16)15-6-5-12(9-20)10-22-15/h5-6,8,10,18,25H,3-4,7,11H2,1-2H3,(H-,21,26)/p+1. The highest BCUT2D eigenvalue weighted by atomic mass is 16.7. The second kappa shape index (κ2) is 8.00. The molecule has 0 radical (unpaired) electrons. The van der Waals surface area contributed by atoms with E-state index in [-0.39, 0.29) is 11.1 Å². The van der Waals surface area contributed by atoms with Crippen LogP contribution in [0.25, 0.3) is 0 Å². The largest absolute Gasteiger partial charge is 0.426 e. The fraction of sp³-hybridized carbons (Fsp3) is 0.368. The van der Waals surface area contributed by atoms with Gasteiger partial charge in [0.05, 0.1) is 18.4 Å². The summed E-state index contributed by atoms with van der Waals surface area (Å²) >= 11 is 0. The Balaban J connectivity index is 2.27. The number of carbonyl (C=O) groups excluding carboxylic acids is 1. The molecule has 3 heterocycles. The van der Waals surface area contributed by atoms with Gasteiger partial charge in [0.15, 0.2) is 0 Å². The number of rotatable bonds is 5. The maximum Gasteiger partial charge on any atom is 0.426 e. The molecule has 28 heavy (non-hydrogen) atoms. The van der Waals surface area contributed by atoms with E-state index in [2.05, 4.69) is 9.97 Å². The van der Waals surface area contributed by atoms with E-state index in [1.807, 2.05) is 6.07 Å². The lowest BCUT2D eigenvalue weighted by molar-refractivity contribution is -0.109. The van der Waals surface area contributed by atoms with Crippen molar-refractivity contribution in [2.45, 2.75) is 25.7 Å². The molecule has 0 fully saturated rings. The van der Waals surface area contributed by atoms with Crippen LogP contribution in [0.1, 0.15) is 35.1 Å². The van der Waals surface area contributed by atoms with Gasteiger partial charge in [-0.05, 0) is 18.6 Å². The van der Waals surface area contributed by atoms with Gasteiger partial charge in [0.1, 0.15) is 18.3 Å². The van der Waals surface area contributed by atoms with Crippen LogP contribution in [-0.4, -0.2) is 41.9 Å². The number of ether oxygens (including phenoxy) is 2. The number of pyridine rings is 2. The fourth-order valence-corrected chi connectivity index (χ4v) is 3.61. The van der Waals surface area contributed by atoms with Gasteiger partial charge in [-0.15, -0.1) is 4.48 Å². The van der Waals surface area contributed by atoms with Crippen molar-refractivity contribution in [3.05, 3.63) is 46.8 Å². The molecule has 1 atom stereocenters. The predicted molar refractivity (Wildman–Crippen MR) is 100 cm³/mol. The molecule has 0 spiro atoms. The SMILES string of the molecule is COC(OC)c1nc2c(cc1CO)CCC[N+]2(C(N)=O)c1ccc(C#N)cn1. The van der Waals surface area contributed by atoms with E-state index in [1.54, 1.807) is 18.2 Å². The van der Waals surface area contributed by atoms with Crippen LogP contribution < -0.4 is 10.2 Å².